The van der Waals surface area contributed by atoms with Crippen molar-refractivity contribution in [1.82, 2.24) is 0 Å². The van der Waals surface area contributed by atoms with E-state index in [9.17, 15) is 9.18 Å². The Labute approximate surface area is 124 Å². The van der Waals surface area contributed by atoms with Crippen molar-refractivity contribution in [3.05, 3.63) is 63.4 Å². The van der Waals surface area contributed by atoms with Crippen LogP contribution in [0.15, 0.2) is 40.9 Å². The molecule has 3 nitrogen and oxygen atoms in total. The van der Waals surface area contributed by atoms with E-state index in [-0.39, 0.29) is 12.2 Å². The minimum Gasteiger partial charge on any atom is -0.489 e. The topological polar surface area (TPSA) is 52.3 Å². The highest BCUT2D eigenvalue weighted by Crippen LogP contribution is 2.22. The molecular formula is C15H13BrFNO2. The number of aryl methyl sites for hydroxylation is 1. The third-order valence-corrected chi connectivity index (χ3v) is 3.75. The normalized spacial score (nSPS) is 10.3. The lowest BCUT2D eigenvalue weighted by atomic mass is 10.1. The van der Waals surface area contributed by atoms with Crippen molar-refractivity contribution in [3.8, 4) is 5.75 Å². The van der Waals surface area contributed by atoms with Crippen LogP contribution in [0.5, 0.6) is 5.75 Å². The molecule has 0 spiro atoms. The Hall–Kier alpha value is -1.88. The number of carbonyl (C=O) groups is 1. The first-order chi connectivity index (χ1) is 9.47. The number of hydrogen-bond donors (Lipinski definition) is 1. The Balaban J connectivity index is 2.10. The van der Waals surface area contributed by atoms with Gasteiger partial charge < -0.3 is 10.5 Å². The molecule has 2 aromatic carbocycles. The van der Waals surface area contributed by atoms with E-state index in [4.69, 9.17) is 10.5 Å². The summed E-state index contributed by atoms with van der Waals surface area (Å²) in [5.74, 6) is -0.501. The molecule has 0 aliphatic carbocycles. The summed E-state index contributed by atoms with van der Waals surface area (Å²) < 4.78 is 20.3. The first-order valence-corrected chi connectivity index (χ1v) is 6.74. The first kappa shape index (κ1) is 14.5. The summed E-state index contributed by atoms with van der Waals surface area (Å²) in [6.07, 6.45) is 0. The summed E-state index contributed by atoms with van der Waals surface area (Å²) in [5.41, 5.74) is 6.64. The van der Waals surface area contributed by atoms with Crippen LogP contribution in [0.4, 0.5) is 4.39 Å². The predicted octanol–water partition coefficient (Wildman–Crippen LogP) is 3.57. The monoisotopic (exact) mass is 337 g/mol. The summed E-state index contributed by atoms with van der Waals surface area (Å²) in [5, 5.41) is 0. The lowest BCUT2D eigenvalue weighted by Crippen LogP contribution is -2.11. The summed E-state index contributed by atoms with van der Waals surface area (Å²) in [6, 6.07) is 9.63. The molecule has 2 aromatic rings. The van der Waals surface area contributed by atoms with E-state index in [1.54, 1.807) is 6.07 Å². The molecule has 0 bridgehead atoms. The van der Waals surface area contributed by atoms with E-state index in [0.29, 0.717) is 11.3 Å². The highest BCUT2D eigenvalue weighted by Gasteiger charge is 2.08. The number of nitrogens with two attached hydrogens (primary N) is 1. The SMILES string of the molecule is Cc1cc(OCc2ccc(C(N)=O)cc2F)ccc1Br. The molecule has 20 heavy (non-hydrogen) atoms. The first-order valence-electron chi connectivity index (χ1n) is 5.94. The zero-order chi connectivity index (χ0) is 14.7. The van der Waals surface area contributed by atoms with Gasteiger partial charge in [-0.3, -0.25) is 4.79 Å². The van der Waals surface area contributed by atoms with Crippen molar-refractivity contribution in [1.29, 1.82) is 0 Å². The predicted molar refractivity (Wildman–Crippen MR) is 78.1 cm³/mol. The van der Waals surface area contributed by atoms with E-state index in [1.807, 2.05) is 19.1 Å². The molecule has 0 radical (unpaired) electrons. The average molecular weight is 338 g/mol. The molecule has 0 unspecified atom stereocenters. The maximum atomic E-state index is 13.8. The van der Waals surface area contributed by atoms with Crippen LogP contribution < -0.4 is 10.5 Å². The van der Waals surface area contributed by atoms with E-state index in [1.165, 1.54) is 12.1 Å². The van der Waals surface area contributed by atoms with Crippen molar-refractivity contribution in [2.75, 3.05) is 0 Å². The number of primary amides is 1. The van der Waals surface area contributed by atoms with E-state index >= 15 is 0 Å². The van der Waals surface area contributed by atoms with Crippen LogP contribution in [-0.2, 0) is 6.61 Å². The maximum absolute atomic E-state index is 13.8. The maximum Gasteiger partial charge on any atom is 0.248 e. The third-order valence-electron chi connectivity index (χ3n) is 2.86. The van der Waals surface area contributed by atoms with Gasteiger partial charge in [0, 0.05) is 15.6 Å². The molecule has 0 atom stereocenters. The number of ether oxygens (including phenoxy) is 1. The zero-order valence-electron chi connectivity index (χ0n) is 10.8. The molecule has 0 aromatic heterocycles. The largest absolute Gasteiger partial charge is 0.489 e. The minimum absolute atomic E-state index is 0.0892. The fourth-order valence-corrected chi connectivity index (χ4v) is 1.93. The van der Waals surface area contributed by atoms with Crippen LogP contribution in [-0.4, -0.2) is 5.91 Å². The summed E-state index contributed by atoms with van der Waals surface area (Å²) in [6.45, 7) is 2.03. The molecule has 0 aliphatic rings. The van der Waals surface area contributed by atoms with Gasteiger partial charge in [-0.25, -0.2) is 4.39 Å². The van der Waals surface area contributed by atoms with E-state index in [2.05, 4.69) is 15.9 Å². The molecule has 0 saturated heterocycles. The van der Waals surface area contributed by atoms with Crippen molar-refractivity contribution in [2.45, 2.75) is 13.5 Å². The van der Waals surface area contributed by atoms with Crippen LogP contribution in [0.1, 0.15) is 21.5 Å². The van der Waals surface area contributed by atoms with Gasteiger partial charge in [0.25, 0.3) is 0 Å². The number of benzene rings is 2. The van der Waals surface area contributed by atoms with Gasteiger partial charge in [-0.1, -0.05) is 22.0 Å². The van der Waals surface area contributed by atoms with E-state index in [0.717, 1.165) is 16.1 Å². The Morgan fingerprint density at radius 1 is 1.30 bits per heavy atom. The lowest BCUT2D eigenvalue weighted by molar-refractivity contribution is 0.0999. The molecule has 2 N–H and O–H groups in total. The quantitative estimate of drug-likeness (QED) is 0.927. The summed E-state index contributed by atoms with van der Waals surface area (Å²) >= 11 is 3.40. The van der Waals surface area contributed by atoms with Crippen molar-refractivity contribution in [3.63, 3.8) is 0 Å². The second-order valence-electron chi connectivity index (χ2n) is 4.37. The van der Waals surface area contributed by atoms with Gasteiger partial charge in [-0.15, -0.1) is 0 Å². The van der Waals surface area contributed by atoms with Crippen LogP contribution in [0.3, 0.4) is 0 Å². The van der Waals surface area contributed by atoms with Gasteiger partial charge in [0.1, 0.15) is 18.2 Å². The molecule has 1 amide bonds. The molecule has 2 rings (SSSR count). The smallest absolute Gasteiger partial charge is 0.248 e. The van der Waals surface area contributed by atoms with Crippen LogP contribution in [0, 0.1) is 12.7 Å². The second-order valence-corrected chi connectivity index (χ2v) is 5.22. The lowest BCUT2D eigenvalue weighted by Gasteiger charge is -2.09. The molecular weight excluding hydrogens is 325 g/mol. The Bertz CT molecular complexity index is 658. The molecule has 0 fully saturated rings. The molecule has 5 heteroatoms. The Morgan fingerprint density at radius 2 is 2.05 bits per heavy atom. The summed E-state index contributed by atoms with van der Waals surface area (Å²) in [4.78, 5) is 10.9. The Kier molecular flexibility index (Phi) is 4.39. The highest BCUT2D eigenvalue weighted by atomic mass is 79.9. The van der Waals surface area contributed by atoms with Crippen LogP contribution in [0.2, 0.25) is 0 Å². The summed E-state index contributed by atoms with van der Waals surface area (Å²) in [7, 11) is 0. The van der Waals surface area contributed by atoms with Gasteiger partial charge in [0.2, 0.25) is 5.91 Å². The van der Waals surface area contributed by atoms with Gasteiger partial charge in [-0.05, 0) is 42.8 Å². The van der Waals surface area contributed by atoms with Crippen LogP contribution >= 0.6 is 15.9 Å². The van der Waals surface area contributed by atoms with Crippen molar-refractivity contribution < 1.29 is 13.9 Å². The standard InChI is InChI=1S/C15H13BrFNO2/c1-9-6-12(4-5-13(9)16)20-8-11-3-2-10(15(18)19)7-14(11)17/h2-7H,8H2,1H3,(H2,18,19). The zero-order valence-corrected chi connectivity index (χ0v) is 12.4. The fourth-order valence-electron chi connectivity index (χ4n) is 1.69. The molecule has 0 saturated carbocycles. The fraction of sp³-hybridized carbons (Fsp3) is 0.133. The third kappa shape index (κ3) is 3.36. The van der Waals surface area contributed by atoms with Gasteiger partial charge in [0.05, 0.1) is 0 Å². The van der Waals surface area contributed by atoms with Gasteiger partial charge in [-0.2, -0.15) is 0 Å². The van der Waals surface area contributed by atoms with Gasteiger partial charge >= 0.3 is 0 Å². The molecule has 104 valence electrons. The average Bonchev–Trinajstić information content (AvgIpc) is 2.41. The van der Waals surface area contributed by atoms with Crippen molar-refractivity contribution in [2.24, 2.45) is 5.73 Å². The van der Waals surface area contributed by atoms with Crippen molar-refractivity contribution >= 4 is 21.8 Å². The highest BCUT2D eigenvalue weighted by molar-refractivity contribution is 9.10. The number of rotatable bonds is 4. The van der Waals surface area contributed by atoms with Gasteiger partial charge in [0.15, 0.2) is 0 Å². The minimum atomic E-state index is -0.653. The number of amides is 1. The number of hydrogen-bond acceptors (Lipinski definition) is 2. The number of halogens is 2. The molecule has 0 heterocycles. The molecule has 0 aliphatic heterocycles. The second kappa shape index (κ2) is 6.05. The number of carbonyl (C=O) groups excluding carboxylic acids is 1. The van der Waals surface area contributed by atoms with Crippen LogP contribution in [0.25, 0.3) is 0 Å². The Morgan fingerprint density at radius 3 is 2.65 bits per heavy atom. The van der Waals surface area contributed by atoms with E-state index < -0.39 is 11.7 Å².